The van der Waals surface area contributed by atoms with Crippen LogP contribution in [0.5, 0.6) is 0 Å². The Morgan fingerprint density at radius 1 is 1.30 bits per heavy atom. The molecule has 20 heavy (non-hydrogen) atoms. The van der Waals surface area contributed by atoms with Crippen molar-refractivity contribution < 1.29 is 4.63 Å². The Balaban J connectivity index is 1.50. The maximum atomic E-state index is 4.70. The van der Waals surface area contributed by atoms with Crippen LogP contribution in [0.2, 0.25) is 0 Å². The van der Waals surface area contributed by atoms with Crippen molar-refractivity contribution >= 4 is 11.0 Å². The Morgan fingerprint density at radius 2 is 2.20 bits per heavy atom. The molecule has 2 aromatic heterocycles. The summed E-state index contributed by atoms with van der Waals surface area (Å²) in [5, 5.41) is 15.3. The number of benzene rings is 1. The maximum absolute atomic E-state index is 4.70. The summed E-state index contributed by atoms with van der Waals surface area (Å²) < 4.78 is 6.65. The summed E-state index contributed by atoms with van der Waals surface area (Å²) in [5.41, 5.74) is 2.77. The minimum atomic E-state index is 0.422. The largest absolute Gasteiger partial charge is 0.310 e. The average Bonchev–Trinajstić information content (AvgIpc) is 3.13. The molecule has 0 saturated carbocycles. The Kier molecular flexibility index (Phi) is 3.73. The molecule has 0 aliphatic heterocycles. The Hall–Kier alpha value is -2.21. The van der Waals surface area contributed by atoms with Gasteiger partial charge < -0.3 is 5.32 Å². The van der Waals surface area contributed by atoms with Crippen LogP contribution in [0.15, 0.2) is 41.3 Å². The van der Waals surface area contributed by atoms with Gasteiger partial charge in [0.25, 0.3) is 0 Å². The number of aromatic nitrogens is 4. The summed E-state index contributed by atoms with van der Waals surface area (Å²) in [7, 11) is 0. The van der Waals surface area contributed by atoms with E-state index in [9.17, 15) is 0 Å². The molecule has 2 heterocycles. The topological polar surface area (TPSA) is 68.8 Å². The summed E-state index contributed by atoms with van der Waals surface area (Å²) in [6.07, 6.45) is 4.83. The lowest BCUT2D eigenvalue weighted by molar-refractivity contribution is 0.315. The van der Waals surface area contributed by atoms with E-state index in [0.29, 0.717) is 6.04 Å². The molecule has 104 valence electrons. The molecular weight excluding hydrogens is 254 g/mol. The van der Waals surface area contributed by atoms with Gasteiger partial charge in [0.1, 0.15) is 11.0 Å². The third kappa shape index (κ3) is 3.03. The van der Waals surface area contributed by atoms with E-state index in [1.54, 1.807) is 6.20 Å². The molecule has 1 atom stereocenters. The van der Waals surface area contributed by atoms with E-state index in [1.807, 2.05) is 35.1 Å². The van der Waals surface area contributed by atoms with Crippen LogP contribution in [0, 0.1) is 0 Å². The lowest BCUT2D eigenvalue weighted by Gasteiger charge is -2.13. The van der Waals surface area contributed by atoms with Crippen LogP contribution in [-0.4, -0.2) is 26.1 Å². The highest BCUT2D eigenvalue weighted by molar-refractivity contribution is 5.73. The van der Waals surface area contributed by atoms with E-state index in [2.05, 4.69) is 27.7 Å². The predicted molar refractivity (Wildman–Crippen MR) is 74.9 cm³/mol. The van der Waals surface area contributed by atoms with E-state index in [1.165, 1.54) is 5.56 Å². The SMILES string of the molecule is CC(CCn1cccn1)NCc1ccc2nonc2c1. The zero-order chi connectivity index (χ0) is 13.8. The molecule has 0 fully saturated rings. The zero-order valence-electron chi connectivity index (χ0n) is 11.4. The highest BCUT2D eigenvalue weighted by Gasteiger charge is 2.05. The summed E-state index contributed by atoms with van der Waals surface area (Å²) >= 11 is 0. The quantitative estimate of drug-likeness (QED) is 0.742. The second-order valence-corrected chi connectivity index (χ2v) is 4.93. The van der Waals surface area contributed by atoms with Crippen molar-refractivity contribution in [3.8, 4) is 0 Å². The van der Waals surface area contributed by atoms with Gasteiger partial charge >= 0.3 is 0 Å². The summed E-state index contributed by atoms with van der Waals surface area (Å²) in [5.74, 6) is 0. The molecule has 1 N–H and O–H groups in total. The normalized spacial score (nSPS) is 12.8. The standard InChI is InChI=1S/C14H17N5O/c1-11(5-8-19-7-2-6-16-19)15-10-12-3-4-13-14(9-12)18-20-17-13/h2-4,6-7,9,11,15H,5,8,10H2,1H3. The van der Waals surface area contributed by atoms with Gasteiger partial charge in [0.2, 0.25) is 0 Å². The molecule has 3 rings (SSSR count). The van der Waals surface area contributed by atoms with E-state index < -0.39 is 0 Å². The fraction of sp³-hybridized carbons (Fsp3) is 0.357. The van der Waals surface area contributed by atoms with Crippen molar-refractivity contribution in [3.63, 3.8) is 0 Å². The van der Waals surface area contributed by atoms with Crippen molar-refractivity contribution in [3.05, 3.63) is 42.2 Å². The summed E-state index contributed by atoms with van der Waals surface area (Å²) in [6, 6.07) is 8.33. The van der Waals surface area contributed by atoms with Crippen LogP contribution in [0.4, 0.5) is 0 Å². The number of hydrogen-bond acceptors (Lipinski definition) is 5. The molecule has 0 aliphatic carbocycles. The van der Waals surface area contributed by atoms with Crippen molar-refractivity contribution in [1.29, 1.82) is 0 Å². The van der Waals surface area contributed by atoms with Gasteiger partial charge in [-0.25, -0.2) is 4.63 Å². The van der Waals surface area contributed by atoms with Crippen LogP contribution >= 0.6 is 0 Å². The lowest BCUT2D eigenvalue weighted by Crippen LogP contribution is -2.26. The summed E-state index contributed by atoms with van der Waals surface area (Å²) in [4.78, 5) is 0. The minimum absolute atomic E-state index is 0.422. The molecule has 0 saturated heterocycles. The first kappa shape index (κ1) is 12.8. The molecule has 0 amide bonds. The fourth-order valence-corrected chi connectivity index (χ4v) is 2.09. The van der Waals surface area contributed by atoms with Crippen molar-refractivity contribution in [2.24, 2.45) is 0 Å². The van der Waals surface area contributed by atoms with Gasteiger partial charge in [-0.3, -0.25) is 4.68 Å². The first-order valence-corrected chi connectivity index (χ1v) is 6.73. The number of rotatable bonds is 6. The van der Waals surface area contributed by atoms with Gasteiger partial charge in [-0.2, -0.15) is 5.10 Å². The monoisotopic (exact) mass is 271 g/mol. The molecule has 0 spiro atoms. The molecule has 6 nitrogen and oxygen atoms in total. The second-order valence-electron chi connectivity index (χ2n) is 4.93. The molecule has 1 unspecified atom stereocenters. The number of fused-ring (bicyclic) bond motifs is 1. The van der Waals surface area contributed by atoms with Gasteiger partial charge in [0.05, 0.1) is 0 Å². The zero-order valence-corrected chi connectivity index (χ0v) is 11.4. The third-order valence-electron chi connectivity index (χ3n) is 3.32. The van der Waals surface area contributed by atoms with E-state index in [-0.39, 0.29) is 0 Å². The van der Waals surface area contributed by atoms with Crippen LogP contribution in [0.3, 0.4) is 0 Å². The minimum Gasteiger partial charge on any atom is -0.310 e. The third-order valence-corrected chi connectivity index (χ3v) is 3.32. The average molecular weight is 271 g/mol. The molecule has 0 radical (unpaired) electrons. The highest BCUT2D eigenvalue weighted by Crippen LogP contribution is 2.11. The first-order chi connectivity index (χ1) is 9.81. The fourth-order valence-electron chi connectivity index (χ4n) is 2.09. The van der Waals surface area contributed by atoms with Crippen LogP contribution in [0.1, 0.15) is 18.9 Å². The Labute approximate surface area is 116 Å². The number of aryl methyl sites for hydroxylation is 1. The number of nitrogens with one attached hydrogen (secondary N) is 1. The van der Waals surface area contributed by atoms with Crippen molar-refractivity contribution in [2.75, 3.05) is 0 Å². The summed E-state index contributed by atoms with van der Waals surface area (Å²) in [6.45, 7) is 3.91. The van der Waals surface area contributed by atoms with Crippen LogP contribution < -0.4 is 5.32 Å². The number of hydrogen-bond donors (Lipinski definition) is 1. The molecule has 1 aromatic carbocycles. The van der Waals surface area contributed by atoms with Gasteiger partial charge in [-0.1, -0.05) is 6.07 Å². The molecule has 3 aromatic rings. The van der Waals surface area contributed by atoms with E-state index >= 15 is 0 Å². The van der Waals surface area contributed by atoms with E-state index in [0.717, 1.165) is 30.5 Å². The number of nitrogens with zero attached hydrogens (tertiary/aromatic N) is 4. The molecule has 0 aliphatic rings. The van der Waals surface area contributed by atoms with Gasteiger partial charge in [0, 0.05) is 31.5 Å². The van der Waals surface area contributed by atoms with E-state index in [4.69, 9.17) is 4.63 Å². The van der Waals surface area contributed by atoms with Gasteiger partial charge in [-0.15, -0.1) is 0 Å². The van der Waals surface area contributed by atoms with Crippen molar-refractivity contribution in [2.45, 2.75) is 32.5 Å². The molecular formula is C14H17N5O. The predicted octanol–water partition coefficient (Wildman–Crippen LogP) is 1.99. The van der Waals surface area contributed by atoms with Gasteiger partial charge in [-0.05, 0) is 47.4 Å². The highest BCUT2D eigenvalue weighted by atomic mass is 16.6. The Bertz CT molecular complexity index is 661. The Morgan fingerprint density at radius 3 is 3.05 bits per heavy atom. The van der Waals surface area contributed by atoms with Gasteiger partial charge in [0.15, 0.2) is 0 Å². The second kappa shape index (κ2) is 5.83. The molecule has 0 bridgehead atoms. The van der Waals surface area contributed by atoms with Crippen molar-refractivity contribution in [1.82, 2.24) is 25.4 Å². The smallest absolute Gasteiger partial charge is 0.135 e. The van der Waals surface area contributed by atoms with Crippen LogP contribution in [0.25, 0.3) is 11.0 Å². The lowest BCUT2D eigenvalue weighted by atomic mass is 10.1. The first-order valence-electron chi connectivity index (χ1n) is 6.73. The maximum Gasteiger partial charge on any atom is 0.135 e. The molecule has 6 heteroatoms. The van der Waals surface area contributed by atoms with Crippen LogP contribution in [-0.2, 0) is 13.1 Å².